The van der Waals surface area contributed by atoms with Crippen LogP contribution in [0.15, 0.2) is 12.4 Å². The van der Waals surface area contributed by atoms with Crippen LogP contribution in [0.25, 0.3) is 0 Å². The molecule has 0 spiro atoms. The largest absolute Gasteiger partial charge is 0.338 e. The van der Waals surface area contributed by atoms with Crippen molar-refractivity contribution in [3.8, 4) is 0 Å². The molecule has 0 saturated carbocycles. The van der Waals surface area contributed by atoms with Gasteiger partial charge in [-0.25, -0.2) is 9.97 Å². The van der Waals surface area contributed by atoms with Crippen LogP contribution in [0.3, 0.4) is 0 Å². The molecule has 2 rings (SSSR count). The smallest absolute Gasteiger partial charge is 0.225 e. The van der Waals surface area contributed by atoms with Gasteiger partial charge in [0.05, 0.1) is 0 Å². The second-order valence-corrected chi connectivity index (χ2v) is 4.67. The lowest BCUT2D eigenvalue weighted by molar-refractivity contribution is 0.443. The van der Waals surface area contributed by atoms with Crippen molar-refractivity contribution in [3.05, 3.63) is 18.0 Å². The number of nitrogens with zero attached hydrogens (tertiary/aromatic N) is 3. The first kappa shape index (κ1) is 12.3. The van der Waals surface area contributed by atoms with Crippen molar-refractivity contribution >= 4 is 5.95 Å². The number of aromatic nitrogens is 2. The van der Waals surface area contributed by atoms with Gasteiger partial charge < -0.3 is 10.2 Å². The van der Waals surface area contributed by atoms with E-state index in [0.717, 1.165) is 24.6 Å². The quantitative estimate of drug-likeness (QED) is 0.864. The fourth-order valence-corrected chi connectivity index (χ4v) is 2.48. The van der Waals surface area contributed by atoms with Gasteiger partial charge in [0.15, 0.2) is 0 Å². The van der Waals surface area contributed by atoms with E-state index in [2.05, 4.69) is 27.1 Å². The maximum Gasteiger partial charge on any atom is 0.225 e. The average molecular weight is 234 g/mol. The second kappa shape index (κ2) is 5.96. The van der Waals surface area contributed by atoms with Crippen LogP contribution in [0, 0.1) is 0 Å². The normalized spacial score (nSPS) is 20.6. The van der Waals surface area contributed by atoms with Crippen molar-refractivity contribution in [2.24, 2.45) is 0 Å². The average Bonchev–Trinajstić information content (AvgIpc) is 2.40. The van der Waals surface area contributed by atoms with Gasteiger partial charge in [-0.1, -0.05) is 6.92 Å². The second-order valence-electron chi connectivity index (χ2n) is 4.67. The van der Waals surface area contributed by atoms with Crippen molar-refractivity contribution in [3.63, 3.8) is 0 Å². The van der Waals surface area contributed by atoms with Crippen molar-refractivity contribution in [1.82, 2.24) is 15.3 Å². The van der Waals surface area contributed by atoms with Crippen molar-refractivity contribution in [2.45, 2.75) is 45.2 Å². The molecule has 1 unspecified atom stereocenters. The minimum atomic E-state index is 0.624. The molecule has 4 nitrogen and oxygen atoms in total. The predicted octanol–water partition coefficient (Wildman–Crippen LogP) is 1.96. The number of nitrogens with one attached hydrogen (secondary N) is 1. The molecule has 1 aromatic heterocycles. The first-order chi connectivity index (χ1) is 8.35. The van der Waals surface area contributed by atoms with E-state index in [-0.39, 0.29) is 0 Å². The van der Waals surface area contributed by atoms with Crippen LogP contribution in [0.1, 0.15) is 38.2 Å². The summed E-state index contributed by atoms with van der Waals surface area (Å²) in [4.78, 5) is 11.4. The van der Waals surface area contributed by atoms with Gasteiger partial charge in [-0.15, -0.1) is 0 Å². The van der Waals surface area contributed by atoms with Gasteiger partial charge in [-0.2, -0.15) is 0 Å². The van der Waals surface area contributed by atoms with Crippen molar-refractivity contribution in [2.75, 3.05) is 18.5 Å². The summed E-state index contributed by atoms with van der Waals surface area (Å²) < 4.78 is 0. The predicted molar refractivity (Wildman–Crippen MR) is 70.1 cm³/mol. The summed E-state index contributed by atoms with van der Waals surface area (Å²) in [5.41, 5.74) is 1.14. The molecule has 0 radical (unpaired) electrons. The van der Waals surface area contributed by atoms with Crippen LogP contribution in [-0.4, -0.2) is 29.6 Å². The zero-order valence-corrected chi connectivity index (χ0v) is 10.8. The Bertz CT molecular complexity index is 336. The molecule has 0 aliphatic carbocycles. The zero-order chi connectivity index (χ0) is 12.1. The van der Waals surface area contributed by atoms with E-state index in [0.29, 0.717) is 6.04 Å². The van der Waals surface area contributed by atoms with Gasteiger partial charge in [-0.05, 0) is 32.7 Å². The van der Waals surface area contributed by atoms with Crippen LogP contribution in [0.2, 0.25) is 0 Å². The Kier molecular flexibility index (Phi) is 4.31. The highest BCUT2D eigenvalue weighted by atomic mass is 15.3. The first-order valence-corrected chi connectivity index (χ1v) is 6.57. The molecule has 1 N–H and O–H groups in total. The van der Waals surface area contributed by atoms with Crippen molar-refractivity contribution in [1.29, 1.82) is 0 Å². The van der Waals surface area contributed by atoms with E-state index < -0.39 is 0 Å². The molecule has 4 heteroatoms. The summed E-state index contributed by atoms with van der Waals surface area (Å²) in [7, 11) is 1.94. The van der Waals surface area contributed by atoms with Crippen molar-refractivity contribution < 1.29 is 0 Å². The maximum absolute atomic E-state index is 4.49. The highest BCUT2D eigenvalue weighted by Crippen LogP contribution is 2.23. The fourth-order valence-electron chi connectivity index (χ4n) is 2.48. The van der Waals surface area contributed by atoms with Gasteiger partial charge in [-0.3, -0.25) is 0 Å². The zero-order valence-electron chi connectivity index (χ0n) is 10.8. The van der Waals surface area contributed by atoms with Gasteiger partial charge in [0.25, 0.3) is 0 Å². The summed E-state index contributed by atoms with van der Waals surface area (Å²) in [5.74, 6) is 0.899. The Morgan fingerprint density at radius 1 is 1.35 bits per heavy atom. The van der Waals surface area contributed by atoms with Gasteiger partial charge in [0, 0.05) is 37.1 Å². The molecule has 2 heterocycles. The van der Waals surface area contributed by atoms with Gasteiger partial charge in [0.2, 0.25) is 5.95 Å². The SMILES string of the molecule is CCC1CCCCN1c1ncc(CNC)cn1. The van der Waals surface area contributed by atoms with Gasteiger partial charge in [0.1, 0.15) is 0 Å². The molecular formula is C13H22N4. The number of rotatable bonds is 4. The summed E-state index contributed by atoms with van der Waals surface area (Å²) >= 11 is 0. The highest BCUT2D eigenvalue weighted by Gasteiger charge is 2.22. The lowest BCUT2D eigenvalue weighted by atomic mass is 10.0. The molecule has 1 aliphatic rings. The van der Waals surface area contributed by atoms with Crippen LogP contribution in [0.4, 0.5) is 5.95 Å². The van der Waals surface area contributed by atoms with E-state index in [1.165, 1.54) is 25.7 Å². The van der Waals surface area contributed by atoms with E-state index >= 15 is 0 Å². The standard InChI is InChI=1S/C13H22N4/c1-3-12-6-4-5-7-17(12)13-15-9-11(8-14-2)10-16-13/h9-10,12,14H,3-8H2,1-2H3. The topological polar surface area (TPSA) is 41.1 Å². The number of piperidine rings is 1. The lowest BCUT2D eigenvalue weighted by Gasteiger charge is -2.35. The van der Waals surface area contributed by atoms with E-state index in [1.54, 1.807) is 0 Å². The Morgan fingerprint density at radius 2 is 2.12 bits per heavy atom. The third-order valence-corrected chi connectivity index (χ3v) is 3.43. The Hall–Kier alpha value is -1.16. The van der Waals surface area contributed by atoms with Crippen LogP contribution in [-0.2, 0) is 6.54 Å². The number of anilines is 1. The van der Waals surface area contributed by atoms with E-state index in [4.69, 9.17) is 0 Å². The molecule has 1 aromatic rings. The molecule has 0 bridgehead atoms. The molecule has 1 fully saturated rings. The van der Waals surface area contributed by atoms with Gasteiger partial charge >= 0.3 is 0 Å². The number of hydrogen-bond donors (Lipinski definition) is 1. The summed E-state index contributed by atoms with van der Waals surface area (Å²) in [6.45, 7) is 4.18. The Balaban J connectivity index is 2.09. The van der Waals surface area contributed by atoms with Crippen LogP contribution < -0.4 is 10.2 Å². The lowest BCUT2D eigenvalue weighted by Crippen LogP contribution is -2.40. The highest BCUT2D eigenvalue weighted by molar-refractivity contribution is 5.32. The van der Waals surface area contributed by atoms with Crippen LogP contribution >= 0.6 is 0 Å². The molecule has 0 aromatic carbocycles. The van der Waals surface area contributed by atoms with E-state index in [9.17, 15) is 0 Å². The maximum atomic E-state index is 4.49. The summed E-state index contributed by atoms with van der Waals surface area (Å²) in [6, 6.07) is 0.624. The monoisotopic (exact) mass is 234 g/mol. The molecule has 17 heavy (non-hydrogen) atoms. The molecule has 1 atom stereocenters. The molecule has 1 saturated heterocycles. The first-order valence-electron chi connectivity index (χ1n) is 6.57. The Labute approximate surface area is 103 Å². The minimum Gasteiger partial charge on any atom is -0.338 e. The van der Waals surface area contributed by atoms with Crippen LogP contribution in [0.5, 0.6) is 0 Å². The summed E-state index contributed by atoms with van der Waals surface area (Å²) in [5, 5.41) is 3.11. The number of hydrogen-bond acceptors (Lipinski definition) is 4. The molecular weight excluding hydrogens is 212 g/mol. The van der Waals surface area contributed by atoms with E-state index in [1.807, 2.05) is 19.4 Å². The minimum absolute atomic E-state index is 0.624. The molecule has 0 amide bonds. The molecule has 94 valence electrons. The Morgan fingerprint density at radius 3 is 2.76 bits per heavy atom. The third kappa shape index (κ3) is 2.94. The third-order valence-electron chi connectivity index (χ3n) is 3.43. The summed E-state index contributed by atoms with van der Waals surface area (Å²) in [6.07, 6.45) is 8.92. The fraction of sp³-hybridized carbons (Fsp3) is 0.692. The molecule has 1 aliphatic heterocycles.